The molecule has 1 aliphatic heterocycles. The molecule has 0 saturated carbocycles. The Kier molecular flexibility index (Phi) is 6.44. The van der Waals surface area contributed by atoms with E-state index in [1.807, 2.05) is 24.3 Å². The van der Waals surface area contributed by atoms with Crippen LogP contribution in [0.3, 0.4) is 0 Å². The molecule has 2 aromatic carbocycles. The molecule has 174 valence electrons. The zero-order chi connectivity index (χ0) is 24.2. The third-order valence-corrected chi connectivity index (χ3v) is 5.51. The van der Waals surface area contributed by atoms with Crippen molar-refractivity contribution in [3.05, 3.63) is 72.4 Å². The fourth-order valence-electron chi connectivity index (χ4n) is 3.70. The van der Waals surface area contributed by atoms with E-state index in [0.29, 0.717) is 41.2 Å². The molecule has 1 aromatic heterocycles. The summed E-state index contributed by atoms with van der Waals surface area (Å²) < 4.78 is 10.7. The van der Waals surface area contributed by atoms with Gasteiger partial charge in [0.15, 0.2) is 5.78 Å². The van der Waals surface area contributed by atoms with E-state index in [4.69, 9.17) is 9.47 Å². The molecule has 9 heteroatoms. The van der Waals surface area contributed by atoms with Crippen LogP contribution in [0, 0.1) is 0 Å². The molecule has 0 radical (unpaired) electrons. The van der Waals surface area contributed by atoms with Crippen molar-refractivity contribution in [1.29, 1.82) is 0 Å². The SMILES string of the molecule is C=CC(=O)Cc1ccccc1Nc1ncc2c(n1)N(C)C(=O)N(c1cc(OC)cc(OC)c1)C2. The molecular weight excluding hydrogens is 434 g/mol. The lowest BCUT2D eigenvalue weighted by atomic mass is 10.1. The van der Waals surface area contributed by atoms with Crippen LogP contribution in [0.15, 0.2) is 61.3 Å². The van der Waals surface area contributed by atoms with E-state index >= 15 is 0 Å². The number of hydrogen-bond donors (Lipinski definition) is 1. The number of ether oxygens (including phenoxy) is 2. The Morgan fingerprint density at radius 2 is 1.88 bits per heavy atom. The lowest BCUT2D eigenvalue weighted by molar-refractivity contribution is -0.114. The summed E-state index contributed by atoms with van der Waals surface area (Å²) in [5, 5.41) is 3.17. The lowest BCUT2D eigenvalue weighted by Crippen LogP contribution is -2.46. The van der Waals surface area contributed by atoms with Crippen LogP contribution in [-0.2, 0) is 17.8 Å². The van der Waals surface area contributed by atoms with Gasteiger partial charge < -0.3 is 14.8 Å². The summed E-state index contributed by atoms with van der Waals surface area (Å²) in [6.45, 7) is 3.82. The summed E-state index contributed by atoms with van der Waals surface area (Å²) in [5.41, 5.74) is 2.94. The van der Waals surface area contributed by atoms with Gasteiger partial charge in [-0.15, -0.1) is 0 Å². The van der Waals surface area contributed by atoms with Crippen molar-refractivity contribution in [1.82, 2.24) is 9.97 Å². The first kappa shape index (κ1) is 22.8. The molecule has 0 fully saturated rings. The highest BCUT2D eigenvalue weighted by Crippen LogP contribution is 2.34. The number of methoxy groups -OCH3 is 2. The molecule has 0 unspecified atom stereocenters. The summed E-state index contributed by atoms with van der Waals surface area (Å²) in [5.74, 6) is 1.92. The smallest absolute Gasteiger partial charge is 0.330 e. The van der Waals surface area contributed by atoms with Crippen molar-refractivity contribution >= 4 is 35.0 Å². The standard InChI is InChI=1S/C25H25N5O4/c1-5-19(31)10-16-8-6-7-9-22(16)27-24-26-14-17-15-30(25(32)29(2)23(17)28-24)18-11-20(33-3)13-21(12-18)34-4/h5-9,11-14H,1,10,15H2,2-4H3,(H,26,27,28). The van der Waals surface area contributed by atoms with Gasteiger partial charge in [-0.05, 0) is 17.7 Å². The molecule has 0 bridgehead atoms. The van der Waals surface area contributed by atoms with E-state index in [1.54, 1.807) is 50.6 Å². The summed E-state index contributed by atoms with van der Waals surface area (Å²) in [6, 6.07) is 12.5. The van der Waals surface area contributed by atoms with Crippen molar-refractivity contribution < 1.29 is 19.1 Å². The highest BCUT2D eigenvalue weighted by atomic mass is 16.5. The predicted octanol–water partition coefficient (Wildman–Crippen LogP) is 4.11. The number of fused-ring (bicyclic) bond motifs is 1. The minimum absolute atomic E-state index is 0.0831. The van der Waals surface area contributed by atoms with Crippen LogP contribution >= 0.6 is 0 Å². The van der Waals surface area contributed by atoms with E-state index in [2.05, 4.69) is 21.9 Å². The molecule has 1 aliphatic rings. The summed E-state index contributed by atoms with van der Waals surface area (Å²) in [4.78, 5) is 37.2. The molecular formula is C25H25N5O4. The van der Waals surface area contributed by atoms with Crippen LogP contribution in [0.1, 0.15) is 11.1 Å². The predicted molar refractivity (Wildman–Crippen MR) is 130 cm³/mol. The maximum Gasteiger partial charge on any atom is 0.330 e. The molecule has 4 rings (SSSR count). The minimum atomic E-state index is -0.246. The van der Waals surface area contributed by atoms with Gasteiger partial charge in [-0.25, -0.2) is 9.78 Å². The summed E-state index contributed by atoms with van der Waals surface area (Å²) in [7, 11) is 4.79. The first-order valence-electron chi connectivity index (χ1n) is 10.6. The Bertz CT molecular complexity index is 1240. The Balaban J connectivity index is 1.62. The first-order valence-corrected chi connectivity index (χ1v) is 10.6. The number of hydrogen-bond acceptors (Lipinski definition) is 7. The lowest BCUT2D eigenvalue weighted by Gasteiger charge is -2.34. The molecule has 3 aromatic rings. The zero-order valence-corrected chi connectivity index (χ0v) is 19.2. The van der Waals surface area contributed by atoms with Gasteiger partial charge >= 0.3 is 6.03 Å². The van der Waals surface area contributed by atoms with Gasteiger partial charge in [-0.3, -0.25) is 14.6 Å². The third kappa shape index (κ3) is 4.54. The third-order valence-electron chi connectivity index (χ3n) is 5.51. The number of carbonyl (C=O) groups is 2. The van der Waals surface area contributed by atoms with E-state index in [-0.39, 0.29) is 18.2 Å². The number of para-hydroxylation sites is 1. The average Bonchev–Trinajstić information content (AvgIpc) is 2.87. The monoisotopic (exact) mass is 459 g/mol. The highest BCUT2D eigenvalue weighted by Gasteiger charge is 2.31. The number of anilines is 4. The number of urea groups is 1. The van der Waals surface area contributed by atoms with Gasteiger partial charge in [0.05, 0.1) is 26.5 Å². The Morgan fingerprint density at radius 3 is 2.56 bits per heavy atom. The van der Waals surface area contributed by atoms with Gasteiger partial charge in [0.2, 0.25) is 5.95 Å². The molecule has 9 nitrogen and oxygen atoms in total. The molecule has 0 spiro atoms. The molecule has 2 heterocycles. The number of aromatic nitrogens is 2. The second-order valence-electron chi connectivity index (χ2n) is 7.67. The Labute approximate surface area is 197 Å². The molecule has 2 amide bonds. The van der Waals surface area contributed by atoms with Gasteiger partial charge in [0.25, 0.3) is 0 Å². The minimum Gasteiger partial charge on any atom is -0.497 e. The van der Waals surface area contributed by atoms with Crippen LogP contribution in [-0.4, -0.2) is 43.0 Å². The second-order valence-corrected chi connectivity index (χ2v) is 7.67. The van der Waals surface area contributed by atoms with Crippen molar-refractivity contribution in [3.8, 4) is 11.5 Å². The van der Waals surface area contributed by atoms with E-state index in [1.165, 1.54) is 11.0 Å². The zero-order valence-electron chi connectivity index (χ0n) is 19.2. The average molecular weight is 460 g/mol. The van der Waals surface area contributed by atoms with E-state index in [0.717, 1.165) is 11.1 Å². The number of nitrogens with one attached hydrogen (secondary N) is 1. The van der Waals surface area contributed by atoms with E-state index in [9.17, 15) is 9.59 Å². The topological polar surface area (TPSA) is 96.9 Å². The van der Waals surface area contributed by atoms with Crippen molar-refractivity contribution in [3.63, 3.8) is 0 Å². The second kappa shape index (κ2) is 9.62. The molecule has 0 saturated heterocycles. The largest absolute Gasteiger partial charge is 0.497 e. The summed E-state index contributed by atoms with van der Waals surface area (Å²) >= 11 is 0. The van der Waals surface area contributed by atoms with Gasteiger partial charge in [0.1, 0.15) is 17.3 Å². The Hall–Kier alpha value is -4.40. The van der Waals surface area contributed by atoms with Gasteiger partial charge in [-0.1, -0.05) is 24.8 Å². The van der Waals surface area contributed by atoms with Crippen LogP contribution < -0.4 is 24.6 Å². The Morgan fingerprint density at radius 1 is 1.18 bits per heavy atom. The number of rotatable bonds is 8. The number of carbonyl (C=O) groups excluding carboxylic acids is 2. The fourth-order valence-corrected chi connectivity index (χ4v) is 3.70. The number of amides is 2. The fraction of sp³-hybridized carbons (Fsp3) is 0.200. The molecule has 0 atom stereocenters. The molecule has 0 aliphatic carbocycles. The van der Waals surface area contributed by atoms with Gasteiger partial charge in [-0.2, -0.15) is 4.98 Å². The summed E-state index contributed by atoms with van der Waals surface area (Å²) in [6.07, 6.45) is 3.21. The van der Waals surface area contributed by atoms with Crippen molar-refractivity contribution in [2.75, 3.05) is 36.4 Å². The number of allylic oxidation sites excluding steroid dienone is 1. The van der Waals surface area contributed by atoms with Crippen LogP contribution in [0.4, 0.5) is 27.9 Å². The maximum atomic E-state index is 13.2. The highest BCUT2D eigenvalue weighted by molar-refractivity contribution is 6.05. The first-order chi connectivity index (χ1) is 16.4. The molecule has 1 N–H and O–H groups in total. The normalized spacial score (nSPS) is 12.7. The van der Waals surface area contributed by atoms with Crippen LogP contribution in [0.2, 0.25) is 0 Å². The van der Waals surface area contributed by atoms with Crippen molar-refractivity contribution in [2.45, 2.75) is 13.0 Å². The number of benzene rings is 2. The van der Waals surface area contributed by atoms with Gasteiger partial charge in [0, 0.05) is 49.1 Å². The van der Waals surface area contributed by atoms with E-state index < -0.39 is 0 Å². The maximum absolute atomic E-state index is 13.2. The quantitative estimate of drug-likeness (QED) is 0.506. The van der Waals surface area contributed by atoms with Crippen LogP contribution in [0.5, 0.6) is 11.5 Å². The van der Waals surface area contributed by atoms with Crippen LogP contribution in [0.25, 0.3) is 0 Å². The molecule has 34 heavy (non-hydrogen) atoms. The number of nitrogens with zero attached hydrogens (tertiary/aromatic N) is 4. The number of ketones is 1. The van der Waals surface area contributed by atoms with Crippen molar-refractivity contribution in [2.24, 2.45) is 0 Å².